The van der Waals surface area contributed by atoms with Crippen LogP contribution in [0.5, 0.6) is 0 Å². The van der Waals surface area contributed by atoms with Crippen LogP contribution in [0.15, 0.2) is 24.3 Å². The maximum absolute atomic E-state index is 11.7. The minimum absolute atomic E-state index is 0.0439. The molecular formula is C12H16N2O4. The van der Waals surface area contributed by atoms with Crippen LogP contribution in [-0.2, 0) is 4.79 Å². The van der Waals surface area contributed by atoms with Crippen LogP contribution < -0.4 is 0 Å². The van der Waals surface area contributed by atoms with E-state index in [9.17, 15) is 20.0 Å². The van der Waals surface area contributed by atoms with E-state index in [4.69, 9.17) is 0 Å². The van der Waals surface area contributed by atoms with Gasteiger partial charge in [0, 0.05) is 26.2 Å². The van der Waals surface area contributed by atoms with E-state index in [1.54, 1.807) is 21.0 Å². The van der Waals surface area contributed by atoms with Crippen molar-refractivity contribution >= 4 is 11.6 Å². The third-order valence-corrected chi connectivity index (χ3v) is 2.75. The van der Waals surface area contributed by atoms with Crippen molar-refractivity contribution in [2.75, 3.05) is 14.1 Å². The molecule has 2 atom stereocenters. The van der Waals surface area contributed by atoms with Gasteiger partial charge in [0.2, 0.25) is 5.91 Å². The standard InChI is InChI=1S/C12H16N2O4/c1-8(12(16)13(2)3)11(15)9-4-6-10(7-5-9)14(17)18/h4-8,11,15H,1-3H3/t8-,11+/m1/s1. The molecule has 0 unspecified atom stereocenters. The van der Waals surface area contributed by atoms with E-state index in [0.717, 1.165) is 0 Å². The van der Waals surface area contributed by atoms with Gasteiger partial charge in [-0.05, 0) is 17.7 Å². The van der Waals surface area contributed by atoms with Gasteiger partial charge in [0.05, 0.1) is 16.9 Å². The number of non-ortho nitro benzene ring substituents is 1. The fraction of sp³-hybridized carbons (Fsp3) is 0.417. The van der Waals surface area contributed by atoms with E-state index in [1.807, 2.05) is 0 Å². The zero-order valence-electron chi connectivity index (χ0n) is 10.5. The number of nitrogens with zero attached hydrogens (tertiary/aromatic N) is 2. The molecule has 1 rings (SSSR count). The fourth-order valence-electron chi connectivity index (χ4n) is 1.62. The van der Waals surface area contributed by atoms with Crippen LogP contribution in [0, 0.1) is 16.0 Å². The van der Waals surface area contributed by atoms with E-state index < -0.39 is 16.9 Å². The Balaban J connectivity index is 2.87. The summed E-state index contributed by atoms with van der Waals surface area (Å²) < 4.78 is 0. The largest absolute Gasteiger partial charge is 0.388 e. The number of rotatable bonds is 4. The number of benzene rings is 1. The zero-order chi connectivity index (χ0) is 13.9. The predicted molar refractivity (Wildman–Crippen MR) is 65.9 cm³/mol. The topological polar surface area (TPSA) is 83.7 Å². The SMILES string of the molecule is C[C@@H](C(=O)N(C)C)[C@H](O)c1ccc([N+](=O)[O-])cc1. The Hall–Kier alpha value is -1.95. The van der Waals surface area contributed by atoms with Crippen molar-refractivity contribution in [3.63, 3.8) is 0 Å². The normalized spacial score (nSPS) is 13.8. The molecule has 1 N–H and O–H groups in total. The average Bonchev–Trinajstić information content (AvgIpc) is 2.36. The Morgan fingerprint density at radius 2 is 1.83 bits per heavy atom. The van der Waals surface area contributed by atoms with Crippen molar-refractivity contribution in [1.82, 2.24) is 4.90 Å². The summed E-state index contributed by atoms with van der Waals surface area (Å²) in [7, 11) is 3.22. The Labute approximate surface area is 105 Å². The number of nitro benzene ring substituents is 1. The first-order chi connectivity index (χ1) is 8.34. The zero-order valence-corrected chi connectivity index (χ0v) is 10.5. The molecule has 0 bridgehead atoms. The minimum Gasteiger partial charge on any atom is -0.388 e. The van der Waals surface area contributed by atoms with Gasteiger partial charge in [-0.3, -0.25) is 14.9 Å². The molecule has 0 fully saturated rings. The van der Waals surface area contributed by atoms with Crippen LogP contribution in [0.25, 0.3) is 0 Å². The molecule has 1 amide bonds. The number of carbonyl (C=O) groups is 1. The average molecular weight is 252 g/mol. The van der Waals surface area contributed by atoms with Crippen molar-refractivity contribution in [1.29, 1.82) is 0 Å². The molecule has 0 aliphatic carbocycles. The third-order valence-electron chi connectivity index (χ3n) is 2.75. The van der Waals surface area contributed by atoms with Gasteiger partial charge in [0.25, 0.3) is 5.69 Å². The second-order valence-corrected chi connectivity index (χ2v) is 4.31. The second-order valence-electron chi connectivity index (χ2n) is 4.31. The molecule has 0 aliphatic rings. The lowest BCUT2D eigenvalue weighted by Gasteiger charge is -2.21. The van der Waals surface area contributed by atoms with Crippen LogP contribution in [0.2, 0.25) is 0 Å². The number of nitro groups is 1. The molecule has 6 nitrogen and oxygen atoms in total. The molecule has 1 aromatic rings. The number of hydrogen-bond acceptors (Lipinski definition) is 4. The second kappa shape index (κ2) is 5.59. The van der Waals surface area contributed by atoms with Crippen LogP contribution in [-0.4, -0.2) is 34.9 Å². The molecule has 98 valence electrons. The van der Waals surface area contributed by atoms with Crippen molar-refractivity contribution in [3.05, 3.63) is 39.9 Å². The molecule has 0 heterocycles. The summed E-state index contributed by atoms with van der Waals surface area (Å²) in [6, 6.07) is 5.54. The monoisotopic (exact) mass is 252 g/mol. The first-order valence-corrected chi connectivity index (χ1v) is 5.48. The smallest absolute Gasteiger partial charge is 0.269 e. The van der Waals surface area contributed by atoms with Gasteiger partial charge in [-0.15, -0.1) is 0 Å². The Kier molecular flexibility index (Phi) is 4.38. The van der Waals surface area contributed by atoms with E-state index in [-0.39, 0.29) is 11.6 Å². The summed E-state index contributed by atoms with van der Waals surface area (Å²) in [5, 5.41) is 20.5. The van der Waals surface area contributed by atoms with E-state index >= 15 is 0 Å². The van der Waals surface area contributed by atoms with E-state index in [2.05, 4.69) is 0 Å². The number of aliphatic hydroxyl groups excluding tert-OH is 1. The summed E-state index contributed by atoms with van der Waals surface area (Å²) >= 11 is 0. The van der Waals surface area contributed by atoms with Crippen molar-refractivity contribution in [2.24, 2.45) is 5.92 Å². The van der Waals surface area contributed by atoms with Crippen LogP contribution in [0.4, 0.5) is 5.69 Å². The summed E-state index contributed by atoms with van der Waals surface area (Å²) in [4.78, 5) is 23.1. The lowest BCUT2D eigenvalue weighted by molar-refractivity contribution is -0.384. The van der Waals surface area contributed by atoms with Gasteiger partial charge in [-0.25, -0.2) is 0 Å². The first-order valence-electron chi connectivity index (χ1n) is 5.48. The molecule has 0 saturated heterocycles. The number of hydrogen-bond donors (Lipinski definition) is 1. The molecule has 6 heteroatoms. The van der Waals surface area contributed by atoms with Crippen molar-refractivity contribution < 1.29 is 14.8 Å². The molecule has 0 spiro atoms. The summed E-state index contributed by atoms with van der Waals surface area (Å²) in [5.74, 6) is -0.790. The maximum Gasteiger partial charge on any atom is 0.269 e. The number of amides is 1. The summed E-state index contributed by atoms with van der Waals surface area (Å²) in [5.41, 5.74) is 0.445. The highest BCUT2D eigenvalue weighted by Crippen LogP contribution is 2.24. The van der Waals surface area contributed by atoms with Gasteiger partial charge in [-0.2, -0.15) is 0 Å². The summed E-state index contributed by atoms with van der Waals surface area (Å²) in [6.07, 6.45) is -0.972. The van der Waals surface area contributed by atoms with Crippen molar-refractivity contribution in [3.8, 4) is 0 Å². The van der Waals surface area contributed by atoms with Gasteiger partial charge in [0.15, 0.2) is 0 Å². The Morgan fingerprint density at radius 1 is 1.33 bits per heavy atom. The molecule has 1 aromatic carbocycles. The van der Waals surface area contributed by atoms with Crippen LogP contribution >= 0.6 is 0 Å². The molecule has 0 radical (unpaired) electrons. The summed E-state index contributed by atoms with van der Waals surface area (Å²) in [6.45, 7) is 1.62. The van der Waals surface area contributed by atoms with Crippen molar-refractivity contribution in [2.45, 2.75) is 13.0 Å². The number of aliphatic hydroxyl groups is 1. The highest BCUT2D eigenvalue weighted by atomic mass is 16.6. The van der Waals surface area contributed by atoms with E-state index in [0.29, 0.717) is 5.56 Å². The first kappa shape index (κ1) is 14.1. The highest BCUT2D eigenvalue weighted by molar-refractivity contribution is 5.78. The highest BCUT2D eigenvalue weighted by Gasteiger charge is 2.25. The van der Waals surface area contributed by atoms with E-state index in [1.165, 1.54) is 29.2 Å². The Bertz CT molecular complexity index is 442. The lowest BCUT2D eigenvalue weighted by atomic mass is 9.96. The quantitative estimate of drug-likeness (QED) is 0.647. The molecule has 0 aromatic heterocycles. The predicted octanol–water partition coefficient (Wildman–Crippen LogP) is 1.35. The van der Waals surface area contributed by atoms with Gasteiger partial charge >= 0.3 is 0 Å². The lowest BCUT2D eigenvalue weighted by Crippen LogP contribution is -2.31. The number of carbonyl (C=O) groups excluding carboxylic acids is 1. The van der Waals surface area contributed by atoms with Gasteiger partial charge in [0.1, 0.15) is 0 Å². The fourth-order valence-corrected chi connectivity index (χ4v) is 1.62. The molecule has 0 saturated carbocycles. The third kappa shape index (κ3) is 3.04. The van der Waals surface area contributed by atoms with Crippen LogP contribution in [0.1, 0.15) is 18.6 Å². The molecule has 18 heavy (non-hydrogen) atoms. The van der Waals surface area contributed by atoms with Crippen LogP contribution in [0.3, 0.4) is 0 Å². The molecular weight excluding hydrogens is 236 g/mol. The van der Waals surface area contributed by atoms with Gasteiger partial charge in [-0.1, -0.05) is 6.92 Å². The maximum atomic E-state index is 11.7. The minimum atomic E-state index is -0.972. The van der Waals surface area contributed by atoms with Gasteiger partial charge < -0.3 is 10.0 Å². The molecule has 0 aliphatic heterocycles. The Morgan fingerprint density at radius 3 is 2.22 bits per heavy atom.